The van der Waals surface area contributed by atoms with Gasteiger partial charge in [0.1, 0.15) is 0 Å². The van der Waals surface area contributed by atoms with Gasteiger partial charge in [-0.25, -0.2) is 9.97 Å². The van der Waals surface area contributed by atoms with Gasteiger partial charge in [-0.3, -0.25) is 4.79 Å². The Balaban J connectivity index is 0.00000102. The van der Waals surface area contributed by atoms with Crippen LogP contribution in [0, 0.1) is 0 Å². The Kier molecular flexibility index (Phi) is 5.95. The lowest BCUT2D eigenvalue weighted by atomic mass is 9.93. The van der Waals surface area contributed by atoms with Gasteiger partial charge in [-0.2, -0.15) is 0 Å². The summed E-state index contributed by atoms with van der Waals surface area (Å²) in [5.74, 6) is 1.28. The highest BCUT2D eigenvalue weighted by Gasteiger charge is 2.27. The average Bonchev–Trinajstić information content (AvgIpc) is 3.30. The number of carbonyl (C=O) groups excluding carboxylic acids is 1. The zero-order chi connectivity index (χ0) is 19.6. The first-order valence-corrected chi connectivity index (χ1v) is 10.0. The van der Waals surface area contributed by atoms with Crippen LogP contribution in [0.1, 0.15) is 68.3 Å². The van der Waals surface area contributed by atoms with Gasteiger partial charge < -0.3 is 4.57 Å². The summed E-state index contributed by atoms with van der Waals surface area (Å²) >= 11 is 5.97. The molecule has 0 bridgehead atoms. The van der Waals surface area contributed by atoms with Gasteiger partial charge in [0.15, 0.2) is 11.6 Å². The van der Waals surface area contributed by atoms with Crippen molar-refractivity contribution < 1.29 is 4.79 Å². The molecule has 2 heterocycles. The van der Waals surface area contributed by atoms with E-state index in [1.807, 2.05) is 33.0 Å². The van der Waals surface area contributed by atoms with E-state index in [1.54, 1.807) is 19.3 Å². The normalized spacial score (nSPS) is 14.3. The molecule has 142 valence electrons. The summed E-state index contributed by atoms with van der Waals surface area (Å²) in [7, 11) is 2.03. The van der Waals surface area contributed by atoms with Gasteiger partial charge in [0.2, 0.25) is 0 Å². The maximum absolute atomic E-state index is 11.8. The highest BCUT2D eigenvalue weighted by molar-refractivity contribution is 6.30. The fourth-order valence-electron chi connectivity index (χ4n) is 4.02. The van der Waals surface area contributed by atoms with Gasteiger partial charge in [0.05, 0.1) is 10.7 Å². The predicted octanol–water partition coefficient (Wildman–Crippen LogP) is 6.18. The summed E-state index contributed by atoms with van der Waals surface area (Å²) in [4.78, 5) is 20.7. The number of hydrogen-bond donors (Lipinski definition) is 0. The highest BCUT2D eigenvalue weighted by atomic mass is 35.5. The van der Waals surface area contributed by atoms with E-state index in [4.69, 9.17) is 11.6 Å². The van der Waals surface area contributed by atoms with E-state index in [0.29, 0.717) is 16.8 Å². The lowest BCUT2D eigenvalue weighted by Crippen LogP contribution is -2.01. The number of fused-ring (bicyclic) bond motifs is 1. The molecule has 0 saturated heterocycles. The van der Waals surface area contributed by atoms with Gasteiger partial charge >= 0.3 is 0 Å². The predicted molar refractivity (Wildman–Crippen MR) is 112 cm³/mol. The minimum absolute atomic E-state index is 0.0785. The molecule has 2 aromatic heterocycles. The van der Waals surface area contributed by atoms with E-state index in [1.165, 1.54) is 36.6 Å². The number of aryl methyl sites for hydroxylation is 1. The van der Waals surface area contributed by atoms with Crippen LogP contribution in [-0.4, -0.2) is 20.3 Å². The second-order valence-corrected chi connectivity index (χ2v) is 7.25. The second-order valence-electron chi connectivity index (χ2n) is 6.82. The Bertz CT molecular complexity index is 954. The van der Waals surface area contributed by atoms with Crippen molar-refractivity contribution in [1.82, 2.24) is 14.5 Å². The van der Waals surface area contributed by atoms with Crippen LogP contribution in [0.25, 0.3) is 22.4 Å². The van der Waals surface area contributed by atoms with Crippen LogP contribution in [-0.2, 0) is 7.05 Å². The summed E-state index contributed by atoms with van der Waals surface area (Å²) in [5.41, 5.74) is 4.14. The Labute approximate surface area is 165 Å². The van der Waals surface area contributed by atoms with Crippen molar-refractivity contribution in [2.45, 2.75) is 52.4 Å². The van der Waals surface area contributed by atoms with Crippen LogP contribution < -0.4 is 0 Å². The molecule has 3 aromatic rings. The minimum atomic E-state index is 0.0785. The molecule has 0 amide bonds. The molecule has 5 heteroatoms. The fraction of sp³-hybridized carbons (Fsp3) is 0.409. The first-order chi connectivity index (χ1) is 13.1. The first kappa shape index (κ1) is 19.6. The molecule has 1 aliphatic carbocycles. The molecule has 0 atom stereocenters. The maximum Gasteiger partial charge on any atom is 0.176 e. The molecule has 1 aromatic carbocycles. The van der Waals surface area contributed by atoms with Gasteiger partial charge in [-0.1, -0.05) is 50.4 Å². The van der Waals surface area contributed by atoms with Gasteiger partial charge in [0.25, 0.3) is 0 Å². The standard InChI is InChI=1S/C20H20ClN3O.C2H6/c1-12(25)14-7-8-16-17(9-14)24(2)19(18(16)13-5-3-4-6-13)20-22-10-15(21)11-23-20;1-2/h7-11,13H,3-6H2,1-2H3;1-2H3. The van der Waals surface area contributed by atoms with Crippen molar-refractivity contribution in [3.8, 4) is 11.5 Å². The smallest absolute Gasteiger partial charge is 0.176 e. The fourth-order valence-corrected chi connectivity index (χ4v) is 4.11. The Hall–Kier alpha value is -2.20. The lowest BCUT2D eigenvalue weighted by Gasteiger charge is -2.12. The average molecular weight is 384 g/mol. The van der Waals surface area contributed by atoms with Crippen LogP contribution >= 0.6 is 11.6 Å². The summed E-state index contributed by atoms with van der Waals surface area (Å²) in [6.07, 6.45) is 8.17. The molecule has 4 rings (SSSR count). The van der Waals surface area contributed by atoms with E-state index in [0.717, 1.165) is 16.8 Å². The number of halogens is 1. The molecule has 0 unspecified atom stereocenters. The van der Waals surface area contributed by atoms with E-state index in [9.17, 15) is 4.79 Å². The molecule has 0 N–H and O–H groups in total. The molecule has 0 spiro atoms. The zero-order valence-electron chi connectivity index (χ0n) is 16.4. The van der Waals surface area contributed by atoms with Gasteiger partial charge in [-0.15, -0.1) is 0 Å². The van der Waals surface area contributed by atoms with Crippen LogP contribution in [0.15, 0.2) is 30.6 Å². The van der Waals surface area contributed by atoms with E-state index < -0.39 is 0 Å². The van der Waals surface area contributed by atoms with E-state index in [2.05, 4.69) is 20.6 Å². The summed E-state index contributed by atoms with van der Waals surface area (Å²) < 4.78 is 2.12. The molecule has 0 aliphatic heterocycles. The quantitative estimate of drug-likeness (QED) is 0.507. The van der Waals surface area contributed by atoms with E-state index in [-0.39, 0.29) is 5.78 Å². The molecular weight excluding hydrogens is 358 g/mol. The molecule has 1 aliphatic rings. The van der Waals surface area contributed by atoms with Crippen molar-refractivity contribution in [3.05, 3.63) is 46.7 Å². The van der Waals surface area contributed by atoms with Crippen molar-refractivity contribution >= 4 is 28.3 Å². The number of rotatable bonds is 3. The number of Topliss-reactive ketones (excluding diaryl/α,β-unsaturated/α-hetero) is 1. The summed E-state index contributed by atoms with van der Waals surface area (Å²) in [6.45, 7) is 5.60. The molecule has 1 saturated carbocycles. The second kappa shape index (κ2) is 8.22. The Morgan fingerprint density at radius 3 is 2.37 bits per heavy atom. The summed E-state index contributed by atoms with van der Waals surface area (Å²) in [6, 6.07) is 5.99. The molecule has 27 heavy (non-hydrogen) atoms. The SMILES string of the molecule is CC.CC(=O)c1ccc2c(C3CCCC3)c(-c3ncc(Cl)cn3)n(C)c2c1. The Morgan fingerprint density at radius 1 is 1.15 bits per heavy atom. The van der Waals surface area contributed by atoms with Crippen molar-refractivity contribution in [3.63, 3.8) is 0 Å². The van der Waals surface area contributed by atoms with Crippen LogP contribution in [0.2, 0.25) is 5.02 Å². The van der Waals surface area contributed by atoms with Gasteiger partial charge in [-0.05, 0) is 37.3 Å². The van der Waals surface area contributed by atoms with Crippen molar-refractivity contribution in [1.29, 1.82) is 0 Å². The number of carbonyl (C=O) groups is 1. The third-order valence-electron chi connectivity index (χ3n) is 5.24. The Morgan fingerprint density at radius 2 is 1.78 bits per heavy atom. The zero-order valence-corrected chi connectivity index (χ0v) is 17.2. The molecule has 0 radical (unpaired) electrons. The molecule has 4 nitrogen and oxygen atoms in total. The van der Waals surface area contributed by atoms with Crippen LogP contribution in [0.4, 0.5) is 0 Å². The number of ketones is 1. The minimum Gasteiger partial charge on any atom is -0.341 e. The number of hydrogen-bond acceptors (Lipinski definition) is 3. The largest absolute Gasteiger partial charge is 0.341 e. The third kappa shape index (κ3) is 3.63. The highest BCUT2D eigenvalue weighted by Crippen LogP contribution is 2.43. The van der Waals surface area contributed by atoms with Crippen LogP contribution in [0.3, 0.4) is 0 Å². The maximum atomic E-state index is 11.8. The monoisotopic (exact) mass is 383 g/mol. The first-order valence-electron chi connectivity index (χ1n) is 9.67. The topological polar surface area (TPSA) is 47.8 Å². The lowest BCUT2D eigenvalue weighted by molar-refractivity contribution is 0.101. The number of benzene rings is 1. The molecular formula is C22H26ClN3O. The summed E-state index contributed by atoms with van der Waals surface area (Å²) in [5, 5.41) is 1.73. The van der Waals surface area contributed by atoms with Gasteiger partial charge in [0, 0.05) is 35.9 Å². The third-order valence-corrected chi connectivity index (χ3v) is 5.44. The molecule has 1 fully saturated rings. The van der Waals surface area contributed by atoms with E-state index >= 15 is 0 Å². The van der Waals surface area contributed by atoms with Crippen molar-refractivity contribution in [2.24, 2.45) is 7.05 Å². The number of aromatic nitrogens is 3. The number of nitrogens with zero attached hydrogens (tertiary/aromatic N) is 3. The van der Waals surface area contributed by atoms with Crippen molar-refractivity contribution in [2.75, 3.05) is 0 Å². The van der Waals surface area contributed by atoms with Crippen LogP contribution in [0.5, 0.6) is 0 Å².